The van der Waals surface area contributed by atoms with Crippen molar-refractivity contribution in [2.24, 2.45) is 0 Å². The summed E-state index contributed by atoms with van der Waals surface area (Å²) in [6, 6.07) is 17.1. The van der Waals surface area contributed by atoms with E-state index in [2.05, 4.69) is 4.98 Å². The van der Waals surface area contributed by atoms with Crippen LogP contribution in [0.15, 0.2) is 76.3 Å². The van der Waals surface area contributed by atoms with Gasteiger partial charge in [-0.2, -0.15) is 0 Å². The number of fused-ring (bicyclic) bond motifs is 4. The van der Waals surface area contributed by atoms with Crippen LogP contribution in [0.5, 0.6) is 5.75 Å². The fourth-order valence-corrected chi connectivity index (χ4v) is 4.52. The van der Waals surface area contributed by atoms with Crippen LogP contribution in [0.1, 0.15) is 16.2 Å². The van der Waals surface area contributed by atoms with Crippen LogP contribution in [-0.4, -0.2) is 44.6 Å². The molecule has 34 heavy (non-hydrogen) atoms. The fraction of sp³-hybridized carbons (Fsp3) is 0.192. The van der Waals surface area contributed by atoms with Crippen LogP contribution in [0, 0.1) is 6.92 Å². The van der Waals surface area contributed by atoms with Crippen molar-refractivity contribution < 1.29 is 13.9 Å². The molecule has 3 aromatic heterocycles. The number of pyridine rings is 1. The Labute approximate surface area is 194 Å². The number of ether oxygens (including phenoxy) is 1. The molecule has 0 radical (unpaired) electrons. The molecule has 0 bridgehead atoms. The molecule has 8 heteroatoms. The Hall–Kier alpha value is -4.33. The molecule has 1 amide bonds. The van der Waals surface area contributed by atoms with Crippen LogP contribution in [0.3, 0.4) is 0 Å². The molecule has 4 heterocycles. The predicted molar refractivity (Wildman–Crippen MR) is 128 cm³/mol. The third-order valence-electron chi connectivity index (χ3n) is 6.23. The van der Waals surface area contributed by atoms with E-state index < -0.39 is 0 Å². The monoisotopic (exact) mass is 454 g/mol. The average Bonchev–Trinajstić information content (AvgIpc) is 3.45. The smallest absolute Gasteiger partial charge is 0.275 e. The lowest BCUT2D eigenvalue weighted by atomic mass is 10.1. The molecule has 0 unspecified atom stereocenters. The first-order valence-electron chi connectivity index (χ1n) is 11.2. The highest BCUT2D eigenvalue weighted by Gasteiger charge is 2.26. The van der Waals surface area contributed by atoms with Crippen LogP contribution in [0.4, 0.5) is 0 Å². The van der Waals surface area contributed by atoms with Gasteiger partial charge in [0.15, 0.2) is 11.3 Å². The van der Waals surface area contributed by atoms with E-state index in [1.807, 2.05) is 49.4 Å². The van der Waals surface area contributed by atoms with Crippen LogP contribution >= 0.6 is 0 Å². The Balaban J connectivity index is 1.19. The second-order valence-corrected chi connectivity index (χ2v) is 8.35. The second kappa shape index (κ2) is 7.91. The molecule has 6 rings (SSSR count). The summed E-state index contributed by atoms with van der Waals surface area (Å²) in [5, 5.41) is 2.04. The first-order valence-corrected chi connectivity index (χ1v) is 11.2. The fourth-order valence-electron chi connectivity index (χ4n) is 4.52. The number of amides is 1. The molecule has 1 aliphatic rings. The van der Waals surface area contributed by atoms with Gasteiger partial charge >= 0.3 is 0 Å². The maximum atomic E-state index is 13.1. The number of nitrogens with zero attached hydrogens (tertiary/aromatic N) is 4. The van der Waals surface area contributed by atoms with Crippen molar-refractivity contribution in [3.05, 3.63) is 88.9 Å². The minimum Gasteiger partial charge on any atom is -0.488 e. The molecule has 0 fully saturated rings. The van der Waals surface area contributed by atoms with Crippen molar-refractivity contribution in [1.82, 2.24) is 19.0 Å². The van der Waals surface area contributed by atoms with E-state index in [9.17, 15) is 9.59 Å². The standard InChI is InChI=1S/C26H22N4O4/c1-17-15-29(16-27-17)20-9-10-21-25(31)28(11-12-30(21)26(20)32)13-14-33-23-8-4-6-19-18-5-2-3-7-22(18)34-24(19)23/h2-10,15-16H,11-14H2,1H3. The van der Waals surface area contributed by atoms with Gasteiger partial charge in [-0.3, -0.25) is 9.59 Å². The number of aryl methyl sites for hydroxylation is 1. The van der Waals surface area contributed by atoms with Gasteiger partial charge in [0, 0.05) is 30.1 Å². The maximum Gasteiger partial charge on any atom is 0.275 e. The van der Waals surface area contributed by atoms with Crippen LogP contribution in [0.2, 0.25) is 0 Å². The zero-order valence-corrected chi connectivity index (χ0v) is 18.6. The van der Waals surface area contributed by atoms with Crippen molar-refractivity contribution in [2.45, 2.75) is 13.5 Å². The van der Waals surface area contributed by atoms with Crippen LogP contribution in [0.25, 0.3) is 27.6 Å². The number of para-hydroxylation sites is 2. The van der Waals surface area contributed by atoms with E-state index in [1.54, 1.807) is 38.7 Å². The summed E-state index contributed by atoms with van der Waals surface area (Å²) in [6.07, 6.45) is 3.40. The number of hydrogen-bond donors (Lipinski definition) is 0. The Kier molecular flexibility index (Phi) is 4.72. The highest BCUT2D eigenvalue weighted by atomic mass is 16.5. The van der Waals surface area contributed by atoms with Gasteiger partial charge in [-0.25, -0.2) is 4.98 Å². The summed E-state index contributed by atoms with van der Waals surface area (Å²) in [4.78, 5) is 31.9. The molecule has 8 nitrogen and oxygen atoms in total. The van der Waals surface area contributed by atoms with Crippen LogP contribution in [-0.2, 0) is 6.54 Å². The lowest BCUT2D eigenvalue weighted by molar-refractivity contribution is 0.0673. The molecule has 0 spiro atoms. The van der Waals surface area contributed by atoms with Crippen molar-refractivity contribution in [1.29, 1.82) is 0 Å². The summed E-state index contributed by atoms with van der Waals surface area (Å²) in [6.45, 7) is 3.46. The molecule has 170 valence electrons. The largest absolute Gasteiger partial charge is 0.488 e. The van der Waals surface area contributed by atoms with Gasteiger partial charge in [0.1, 0.15) is 23.6 Å². The zero-order chi connectivity index (χ0) is 23.2. The highest BCUT2D eigenvalue weighted by molar-refractivity contribution is 6.06. The lowest BCUT2D eigenvalue weighted by Crippen LogP contribution is -2.46. The van der Waals surface area contributed by atoms with E-state index >= 15 is 0 Å². The highest BCUT2D eigenvalue weighted by Crippen LogP contribution is 2.34. The third kappa shape index (κ3) is 3.26. The van der Waals surface area contributed by atoms with Gasteiger partial charge in [0.2, 0.25) is 0 Å². The molecule has 0 atom stereocenters. The Morgan fingerprint density at radius 3 is 2.71 bits per heavy atom. The van der Waals surface area contributed by atoms with Crippen LogP contribution < -0.4 is 10.3 Å². The van der Waals surface area contributed by atoms with E-state index in [0.29, 0.717) is 49.0 Å². The molecular formula is C26H22N4O4. The van der Waals surface area contributed by atoms with E-state index in [-0.39, 0.29) is 11.5 Å². The number of imidazole rings is 1. The summed E-state index contributed by atoms with van der Waals surface area (Å²) in [5.74, 6) is 0.470. The number of rotatable bonds is 5. The number of aromatic nitrogens is 3. The Morgan fingerprint density at radius 1 is 1.00 bits per heavy atom. The molecular weight excluding hydrogens is 432 g/mol. The van der Waals surface area contributed by atoms with E-state index in [4.69, 9.17) is 9.15 Å². The first kappa shape index (κ1) is 20.3. The lowest BCUT2D eigenvalue weighted by Gasteiger charge is -2.29. The number of hydrogen-bond acceptors (Lipinski definition) is 5. The topological polar surface area (TPSA) is 82.5 Å². The molecule has 1 aliphatic heterocycles. The van der Waals surface area contributed by atoms with Gasteiger partial charge in [-0.15, -0.1) is 0 Å². The quantitative estimate of drug-likeness (QED) is 0.404. The minimum absolute atomic E-state index is 0.178. The molecule has 0 N–H and O–H groups in total. The number of benzene rings is 2. The number of carbonyl (C=O) groups is 1. The Morgan fingerprint density at radius 2 is 1.85 bits per heavy atom. The van der Waals surface area contributed by atoms with Gasteiger partial charge in [0.25, 0.3) is 11.5 Å². The number of carbonyl (C=O) groups excluding carboxylic acids is 1. The molecule has 0 saturated heterocycles. The normalized spacial score (nSPS) is 13.6. The van der Waals surface area contributed by atoms with Crippen molar-refractivity contribution >= 4 is 27.8 Å². The molecule has 0 aliphatic carbocycles. The van der Waals surface area contributed by atoms with Gasteiger partial charge in [-0.05, 0) is 31.2 Å². The van der Waals surface area contributed by atoms with E-state index in [0.717, 1.165) is 22.0 Å². The molecule has 5 aromatic rings. The molecule has 0 saturated carbocycles. The third-order valence-corrected chi connectivity index (χ3v) is 6.23. The Bertz CT molecular complexity index is 1610. The summed E-state index contributed by atoms with van der Waals surface area (Å²) in [5.41, 5.74) is 3.00. The SMILES string of the molecule is Cc1cn(-c2ccc3n(c2=O)CCN(CCOc2cccc4c2oc2ccccc24)C3=O)cn1. The summed E-state index contributed by atoms with van der Waals surface area (Å²) >= 11 is 0. The van der Waals surface area contributed by atoms with Crippen molar-refractivity contribution in [3.8, 4) is 11.4 Å². The minimum atomic E-state index is -0.198. The molecule has 2 aromatic carbocycles. The average molecular weight is 454 g/mol. The zero-order valence-electron chi connectivity index (χ0n) is 18.6. The summed E-state index contributed by atoms with van der Waals surface area (Å²) in [7, 11) is 0. The summed E-state index contributed by atoms with van der Waals surface area (Å²) < 4.78 is 15.3. The van der Waals surface area contributed by atoms with Crippen molar-refractivity contribution in [2.75, 3.05) is 19.7 Å². The van der Waals surface area contributed by atoms with Gasteiger partial charge < -0.3 is 23.2 Å². The first-order chi connectivity index (χ1) is 16.6. The van der Waals surface area contributed by atoms with E-state index in [1.165, 1.54) is 0 Å². The number of furan rings is 1. The van der Waals surface area contributed by atoms with Crippen molar-refractivity contribution in [3.63, 3.8) is 0 Å². The predicted octanol–water partition coefficient (Wildman–Crippen LogP) is 3.78. The van der Waals surface area contributed by atoms with Gasteiger partial charge in [-0.1, -0.05) is 30.3 Å². The van der Waals surface area contributed by atoms with Gasteiger partial charge in [0.05, 0.1) is 18.6 Å². The maximum absolute atomic E-state index is 13.1. The second-order valence-electron chi connectivity index (χ2n) is 8.35.